The van der Waals surface area contributed by atoms with E-state index in [0.29, 0.717) is 37.7 Å². The van der Waals surface area contributed by atoms with Gasteiger partial charge in [-0.2, -0.15) is 4.31 Å². The predicted octanol–water partition coefficient (Wildman–Crippen LogP) is 1.90. The fraction of sp³-hybridized carbons (Fsp3) is 0.278. The second kappa shape index (κ2) is 8.47. The maximum absolute atomic E-state index is 13.1. The third-order valence-electron chi connectivity index (χ3n) is 4.00. The first-order chi connectivity index (χ1) is 12.9. The van der Waals surface area contributed by atoms with Crippen LogP contribution in [0.25, 0.3) is 0 Å². The Morgan fingerprint density at radius 1 is 1.07 bits per heavy atom. The number of carbonyl (C=O) groups is 1. The second-order valence-electron chi connectivity index (χ2n) is 5.96. The molecule has 0 aliphatic carbocycles. The van der Waals surface area contributed by atoms with Crippen LogP contribution < -0.4 is 10.6 Å². The third kappa shape index (κ3) is 5.03. The number of benzene rings is 2. The third-order valence-corrected chi connectivity index (χ3v) is 5.90. The van der Waals surface area contributed by atoms with Gasteiger partial charge in [-0.25, -0.2) is 12.8 Å². The molecule has 1 aliphatic heterocycles. The lowest BCUT2D eigenvalue weighted by Gasteiger charge is -2.26. The van der Waals surface area contributed by atoms with Crippen LogP contribution >= 0.6 is 0 Å². The molecule has 27 heavy (non-hydrogen) atoms. The summed E-state index contributed by atoms with van der Waals surface area (Å²) in [6, 6.07) is 11.9. The summed E-state index contributed by atoms with van der Waals surface area (Å²) in [5.74, 6) is -0.816. The van der Waals surface area contributed by atoms with Gasteiger partial charge in [0, 0.05) is 24.5 Å². The van der Waals surface area contributed by atoms with Crippen molar-refractivity contribution < 1.29 is 22.3 Å². The van der Waals surface area contributed by atoms with Crippen molar-refractivity contribution in [1.82, 2.24) is 4.31 Å². The Morgan fingerprint density at radius 3 is 2.52 bits per heavy atom. The van der Waals surface area contributed by atoms with Crippen molar-refractivity contribution in [3.8, 4) is 0 Å². The van der Waals surface area contributed by atoms with Crippen molar-refractivity contribution in [2.45, 2.75) is 4.90 Å². The normalized spacial score (nSPS) is 15.3. The van der Waals surface area contributed by atoms with Crippen LogP contribution in [0.2, 0.25) is 0 Å². The van der Waals surface area contributed by atoms with E-state index in [2.05, 4.69) is 10.6 Å². The highest BCUT2D eigenvalue weighted by Crippen LogP contribution is 2.20. The minimum absolute atomic E-state index is 0.0857. The van der Waals surface area contributed by atoms with E-state index in [1.54, 1.807) is 18.2 Å². The Kier molecular flexibility index (Phi) is 6.04. The topological polar surface area (TPSA) is 87.7 Å². The molecule has 7 nitrogen and oxygen atoms in total. The molecule has 1 amide bonds. The SMILES string of the molecule is O=C(CNc1cccc(S(=O)(=O)N2CCOCC2)c1)Nc1cccc(F)c1. The van der Waals surface area contributed by atoms with Gasteiger partial charge >= 0.3 is 0 Å². The molecule has 9 heteroatoms. The van der Waals surface area contributed by atoms with Gasteiger partial charge in [0.15, 0.2) is 0 Å². The van der Waals surface area contributed by atoms with Gasteiger partial charge in [-0.1, -0.05) is 12.1 Å². The van der Waals surface area contributed by atoms with Crippen LogP contribution in [-0.4, -0.2) is 51.5 Å². The van der Waals surface area contributed by atoms with Gasteiger partial charge < -0.3 is 15.4 Å². The van der Waals surface area contributed by atoms with Gasteiger partial charge in [-0.15, -0.1) is 0 Å². The van der Waals surface area contributed by atoms with E-state index >= 15 is 0 Å². The van der Waals surface area contributed by atoms with Crippen LogP contribution in [0.1, 0.15) is 0 Å². The number of nitrogens with one attached hydrogen (secondary N) is 2. The van der Waals surface area contributed by atoms with E-state index in [4.69, 9.17) is 4.74 Å². The Morgan fingerprint density at radius 2 is 1.78 bits per heavy atom. The van der Waals surface area contributed by atoms with Crippen LogP contribution in [-0.2, 0) is 19.6 Å². The van der Waals surface area contributed by atoms with Gasteiger partial charge in [0.05, 0.1) is 24.7 Å². The van der Waals surface area contributed by atoms with E-state index in [1.807, 2.05) is 0 Å². The standard InChI is InChI=1S/C18H20FN3O4S/c19-14-3-1-5-16(11-14)21-18(23)13-20-15-4-2-6-17(12-15)27(24,25)22-7-9-26-10-8-22/h1-6,11-12,20H,7-10,13H2,(H,21,23). The lowest BCUT2D eigenvalue weighted by molar-refractivity contribution is -0.114. The largest absolute Gasteiger partial charge is 0.379 e. The molecule has 0 radical (unpaired) electrons. The molecule has 0 saturated carbocycles. The predicted molar refractivity (Wildman–Crippen MR) is 99.5 cm³/mol. The summed E-state index contributed by atoms with van der Waals surface area (Å²) in [4.78, 5) is 12.1. The lowest BCUT2D eigenvalue weighted by atomic mass is 10.3. The fourth-order valence-corrected chi connectivity index (χ4v) is 4.11. The van der Waals surface area contributed by atoms with Crippen LogP contribution in [0.4, 0.5) is 15.8 Å². The molecule has 1 heterocycles. The van der Waals surface area contributed by atoms with Gasteiger partial charge in [0.25, 0.3) is 0 Å². The van der Waals surface area contributed by atoms with Crippen LogP contribution in [0.5, 0.6) is 0 Å². The Hall–Kier alpha value is -2.49. The summed E-state index contributed by atoms with van der Waals surface area (Å²) >= 11 is 0. The molecule has 0 spiro atoms. The van der Waals surface area contributed by atoms with Gasteiger partial charge in [-0.3, -0.25) is 4.79 Å². The number of sulfonamides is 1. The van der Waals surface area contributed by atoms with E-state index in [-0.39, 0.29) is 17.3 Å². The molecular weight excluding hydrogens is 373 g/mol. The summed E-state index contributed by atoms with van der Waals surface area (Å²) < 4.78 is 45.1. The first kappa shape index (κ1) is 19.3. The Labute approximate surface area is 157 Å². The van der Waals surface area contributed by atoms with Gasteiger partial charge in [0.1, 0.15) is 5.82 Å². The van der Waals surface area contributed by atoms with Crippen molar-refractivity contribution in [2.24, 2.45) is 0 Å². The van der Waals surface area contributed by atoms with Crippen molar-refractivity contribution in [2.75, 3.05) is 43.5 Å². The highest BCUT2D eigenvalue weighted by molar-refractivity contribution is 7.89. The molecule has 1 aliphatic rings. The first-order valence-corrected chi connectivity index (χ1v) is 9.86. The molecule has 2 aromatic carbocycles. The zero-order valence-corrected chi connectivity index (χ0v) is 15.3. The highest BCUT2D eigenvalue weighted by atomic mass is 32.2. The van der Waals surface area contributed by atoms with E-state index in [1.165, 1.54) is 34.6 Å². The smallest absolute Gasteiger partial charge is 0.243 e. The Bertz CT molecular complexity index is 914. The minimum atomic E-state index is -3.61. The zero-order valence-electron chi connectivity index (χ0n) is 14.5. The second-order valence-corrected chi connectivity index (χ2v) is 7.89. The van der Waals surface area contributed by atoms with Crippen LogP contribution in [0, 0.1) is 5.82 Å². The van der Waals surface area contributed by atoms with Gasteiger partial charge in [-0.05, 0) is 36.4 Å². The maximum Gasteiger partial charge on any atom is 0.243 e. The van der Waals surface area contributed by atoms with Crippen molar-refractivity contribution >= 4 is 27.3 Å². The number of hydrogen-bond acceptors (Lipinski definition) is 5. The number of carbonyl (C=O) groups excluding carboxylic acids is 1. The van der Waals surface area contributed by atoms with E-state index < -0.39 is 15.8 Å². The molecule has 0 atom stereocenters. The quantitative estimate of drug-likeness (QED) is 0.783. The highest BCUT2D eigenvalue weighted by Gasteiger charge is 2.26. The number of morpholine rings is 1. The molecule has 2 N–H and O–H groups in total. The van der Waals surface area contributed by atoms with E-state index in [0.717, 1.165) is 0 Å². The van der Waals surface area contributed by atoms with Gasteiger partial charge in [0.2, 0.25) is 15.9 Å². The van der Waals surface area contributed by atoms with Crippen molar-refractivity contribution in [3.63, 3.8) is 0 Å². The number of ether oxygens (including phenoxy) is 1. The number of rotatable bonds is 6. The van der Waals surface area contributed by atoms with Crippen molar-refractivity contribution in [3.05, 3.63) is 54.3 Å². The molecule has 0 unspecified atom stereocenters. The number of halogens is 1. The molecule has 144 valence electrons. The average molecular weight is 393 g/mol. The monoisotopic (exact) mass is 393 g/mol. The molecule has 3 rings (SSSR count). The summed E-state index contributed by atoms with van der Waals surface area (Å²) in [6.07, 6.45) is 0. The number of anilines is 2. The van der Waals surface area contributed by atoms with Crippen LogP contribution in [0.15, 0.2) is 53.4 Å². The summed E-state index contributed by atoms with van der Waals surface area (Å²) in [5, 5.41) is 5.45. The summed E-state index contributed by atoms with van der Waals surface area (Å²) in [6.45, 7) is 1.29. The molecule has 1 saturated heterocycles. The number of hydrogen-bond donors (Lipinski definition) is 2. The fourth-order valence-electron chi connectivity index (χ4n) is 2.66. The zero-order chi connectivity index (χ0) is 19.3. The van der Waals surface area contributed by atoms with Crippen molar-refractivity contribution in [1.29, 1.82) is 0 Å². The number of amides is 1. The molecular formula is C18H20FN3O4S. The summed E-state index contributed by atoms with van der Waals surface area (Å²) in [5.41, 5.74) is 0.851. The average Bonchev–Trinajstić information content (AvgIpc) is 2.67. The maximum atomic E-state index is 13.1. The van der Waals surface area contributed by atoms with E-state index in [9.17, 15) is 17.6 Å². The Balaban J connectivity index is 1.63. The molecule has 2 aromatic rings. The van der Waals surface area contributed by atoms with Crippen LogP contribution in [0.3, 0.4) is 0 Å². The molecule has 0 bridgehead atoms. The summed E-state index contributed by atoms with van der Waals surface area (Å²) in [7, 11) is -3.61. The first-order valence-electron chi connectivity index (χ1n) is 8.42. The molecule has 1 fully saturated rings. The molecule has 0 aromatic heterocycles. The minimum Gasteiger partial charge on any atom is -0.379 e. The number of nitrogens with zero attached hydrogens (tertiary/aromatic N) is 1. The lowest BCUT2D eigenvalue weighted by Crippen LogP contribution is -2.40.